The lowest BCUT2D eigenvalue weighted by Gasteiger charge is -2.16. The molecule has 0 spiro atoms. The quantitative estimate of drug-likeness (QED) is 0.809. The first-order valence-electron chi connectivity index (χ1n) is 7.44. The van der Waals surface area contributed by atoms with E-state index in [0.717, 1.165) is 5.56 Å². The van der Waals surface area contributed by atoms with Gasteiger partial charge in [0.2, 0.25) is 11.8 Å². The molecule has 0 heterocycles. The van der Waals surface area contributed by atoms with Gasteiger partial charge in [-0.3, -0.25) is 9.59 Å². The van der Waals surface area contributed by atoms with E-state index in [4.69, 9.17) is 10.5 Å². The predicted molar refractivity (Wildman–Crippen MR) is 87.9 cm³/mol. The summed E-state index contributed by atoms with van der Waals surface area (Å²) in [4.78, 5) is 23.7. The van der Waals surface area contributed by atoms with Crippen LogP contribution in [0.4, 0.5) is 4.39 Å². The summed E-state index contributed by atoms with van der Waals surface area (Å²) in [5, 5.41) is 2.59. The van der Waals surface area contributed by atoms with Crippen LogP contribution < -0.4 is 15.8 Å². The summed E-state index contributed by atoms with van der Waals surface area (Å²) in [6.07, 6.45) is 0.223. The average molecular weight is 330 g/mol. The van der Waals surface area contributed by atoms with E-state index in [1.807, 2.05) is 6.07 Å². The van der Waals surface area contributed by atoms with E-state index >= 15 is 0 Å². The second-order valence-electron chi connectivity index (χ2n) is 5.38. The van der Waals surface area contributed by atoms with Gasteiger partial charge in [0, 0.05) is 6.42 Å². The monoisotopic (exact) mass is 330 g/mol. The van der Waals surface area contributed by atoms with Gasteiger partial charge in [-0.25, -0.2) is 4.39 Å². The molecular weight excluding hydrogens is 311 g/mol. The molecule has 0 aliphatic heterocycles. The van der Waals surface area contributed by atoms with Crippen LogP contribution in [0.25, 0.3) is 0 Å². The molecule has 2 amide bonds. The Morgan fingerprint density at radius 2 is 1.88 bits per heavy atom. The van der Waals surface area contributed by atoms with Gasteiger partial charge in [0.1, 0.15) is 17.6 Å². The molecule has 0 aliphatic carbocycles. The van der Waals surface area contributed by atoms with Crippen LogP contribution in [0.15, 0.2) is 48.5 Å². The van der Waals surface area contributed by atoms with Crippen molar-refractivity contribution in [3.63, 3.8) is 0 Å². The van der Waals surface area contributed by atoms with Crippen molar-refractivity contribution in [2.75, 3.05) is 7.11 Å². The highest BCUT2D eigenvalue weighted by molar-refractivity contribution is 5.87. The molecule has 0 radical (unpaired) electrons. The molecule has 0 unspecified atom stereocenters. The van der Waals surface area contributed by atoms with Crippen molar-refractivity contribution < 1.29 is 18.7 Å². The minimum atomic E-state index is -0.849. The number of amides is 2. The van der Waals surface area contributed by atoms with Crippen molar-refractivity contribution in [3.05, 3.63) is 65.5 Å². The fraction of sp³-hybridized carbons (Fsp3) is 0.222. The zero-order valence-electron chi connectivity index (χ0n) is 13.3. The summed E-state index contributed by atoms with van der Waals surface area (Å²) in [5.74, 6) is -0.789. The van der Waals surface area contributed by atoms with Crippen LogP contribution in [0.3, 0.4) is 0 Å². The van der Waals surface area contributed by atoms with Crippen LogP contribution in [-0.4, -0.2) is 25.0 Å². The third-order valence-corrected chi connectivity index (χ3v) is 3.51. The maximum Gasteiger partial charge on any atom is 0.240 e. The van der Waals surface area contributed by atoms with E-state index in [-0.39, 0.29) is 12.8 Å². The lowest BCUT2D eigenvalue weighted by molar-refractivity contribution is -0.127. The number of hydrogen-bond acceptors (Lipinski definition) is 3. The predicted octanol–water partition coefficient (Wildman–Crippen LogP) is 1.59. The Labute approximate surface area is 139 Å². The van der Waals surface area contributed by atoms with Crippen molar-refractivity contribution in [1.29, 1.82) is 0 Å². The molecule has 0 aliphatic rings. The number of nitrogens with two attached hydrogens (primary N) is 1. The van der Waals surface area contributed by atoms with E-state index in [9.17, 15) is 14.0 Å². The summed E-state index contributed by atoms with van der Waals surface area (Å²) in [5.41, 5.74) is 6.71. The van der Waals surface area contributed by atoms with Crippen molar-refractivity contribution in [3.8, 4) is 5.75 Å². The molecule has 2 aromatic rings. The van der Waals surface area contributed by atoms with Gasteiger partial charge >= 0.3 is 0 Å². The third kappa shape index (κ3) is 5.08. The van der Waals surface area contributed by atoms with Crippen LogP contribution in [0.5, 0.6) is 5.75 Å². The first-order valence-corrected chi connectivity index (χ1v) is 7.44. The fourth-order valence-electron chi connectivity index (χ4n) is 2.34. The van der Waals surface area contributed by atoms with Crippen molar-refractivity contribution in [1.82, 2.24) is 5.32 Å². The second kappa shape index (κ2) is 8.10. The Morgan fingerprint density at radius 1 is 1.17 bits per heavy atom. The molecule has 2 aromatic carbocycles. The number of benzene rings is 2. The molecule has 126 valence electrons. The van der Waals surface area contributed by atoms with Gasteiger partial charge in [0.05, 0.1) is 13.5 Å². The number of carbonyl (C=O) groups is 2. The normalized spacial score (nSPS) is 11.6. The van der Waals surface area contributed by atoms with Gasteiger partial charge in [0.25, 0.3) is 0 Å². The number of rotatable bonds is 7. The molecule has 3 N–H and O–H groups in total. The molecule has 0 saturated carbocycles. The van der Waals surface area contributed by atoms with Crippen LogP contribution >= 0.6 is 0 Å². The number of methoxy groups -OCH3 is 1. The summed E-state index contributed by atoms with van der Waals surface area (Å²) in [6, 6.07) is 12.1. The Kier molecular flexibility index (Phi) is 5.89. The van der Waals surface area contributed by atoms with E-state index in [1.54, 1.807) is 31.4 Å². The zero-order valence-corrected chi connectivity index (χ0v) is 13.3. The van der Waals surface area contributed by atoms with E-state index in [1.165, 1.54) is 18.2 Å². The van der Waals surface area contributed by atoms with Crippen LogP contribution in [0, 0.1) is 5.82 Å². The Balaban J connectivity index is 2.02. The maximum absolute atomic E-state index is 13.1. The van der Waals surface area contributed by atoms with Crippen LogP contribution in [0.2, 0.25) is 0 Å². The Bertz CT molecular complexity index is 734. The summed E-state index contributed by atoms with van der Waals surface area (Å²) < 4.78 is 18.3. The Morgan fingerprint density at radius 3 is 2.54 bits per heavy atom. The van der Waals surface area contributed by atoms with Gasteiger partial charge in [-0.2, -0.15) is 0 Å². The van der Waals surface area contributed by atoms with Gasteiger partial charge < -0.3 is 15.8 Å². The molecule has 1 atom stereocenters. The number of halogens is 1. The van der Waals surface area contributed by atoms with Crippen LogP contribution in [-0.2, 0) is 22.4 Å². The molecule has 0 fully saturated rings. The maximum atomic E-state index is 13.1. The summed E-state index contributed by atoms with van der Waals surface area (Å²) >= 11 is 0. The first-order chi connectivity index (χ1) is 11.5. The standard InChI is InChI=1S/C18H19FN2O3/c1-24-15-7-3-5-13(9-15)10-16(18(20)23)21-17(22)11-12-4-2-6-14(19)8-12/h2-9,16H,10-11H2,1H3,(H2,20,23)(H,21,22)/t16-/m0/s1. The smallest absolute Gasteiger partial charge is 0.240 e. The molecule has 0 bridgehead atoms. The fourth-order valence-corrected chi connectivity index (χ4v) is 2.34. The molecule has 5 nitrogen and oxygen atoms in total. The SMILES string of the molecule is COc1cccc(C[C@H](NC(=O)Cc2cccc(F)c2)C(N)=O)c1. The van der Waals surface area contributed by atoms with Gasteiger partial charge in [-0.05, 0) is 35.4 Å². The minimum Gasteiger partial charge on any atom is -0.497 e. The largest absolute Gasteiger partial charge is 0.497 e. The first kappa shape index (κ1) is 17.5. The average Bonchev–Trinajstić information content (AvgIpc) is 2.54. The molecule has 24 heavy (non-hydrogen) atoms. The third-order valence-electron chi connectivity index (χ3n) is 3.51. The number of primary amides is 1. The highest BCUT2D eigenvalue weighted by atomic mass is 19.1. The van der Waals surface area contributed by atoms with E-state index < -0.39 is 23.7 Å². The molecule has 0 aromatic heterocycles. The zero-order chi connectivity index (χ0) is 17.5. The Hall–Kier alpha value is -2.89. The van der Waals surface area contributed by atoms with Gasteiger partial charge in [-0.1, -0.05) is 24.3 Å². The highest BCUT2D eigenvalue weighted by Gasteiger charge is 2.19. The van der Waals surface area contributed by atoms with Crippen molar-refractivity contribution >= 4 is 11.8 Å². The van der Waals surface area contributed by atoms with Crippen LogP contribution in [0.1, 0.15) is 11.1 Å². The molecule has 6 heteroatoms. The lowest BCUT2D eigenvalue weighted by Crippen LogP contribution is -2.46. The minimum absolute atomic E-state index is 0.0281. The molecule has 0 saturated heterocycles. The lowest BCUT2D eigenvalue weighted by atomic mass is 10.0. The van der Waals surface area contributed by atoms with E-state index in [0.29, 0.717) is 11.3 Å². The van der Waals surface area contributed by atoms with Crippen molar-refractivity contribution in [2.45, 2.75) is 18.9 Å². The van der Waals surface area contributed by atoms with Gasteiger partial charge in [-0.15, -0.1) is 0 Å². The number of hydrogen-bond donors (Lipinski definition) is 2. The molecular formula is C18H19FN2O3. The summed E-state index contributed by atoms with van der Waals surface area (Å²) in [6.45, 7) is 0. The van der Waals surface area contributed by atoms with Crippen molar-refractivity contribution in [2.24, 2.45) is 5.73 Å². The number of nitrogens with one attached hydrogen (secondary N) is 1. The topological polar surface area (TPSA) is 81.4 Å². The van der Waals surface area contributed by atoms with Gasteiger partial charge in [0.15, 0.2) is 0 Å². The second-order valence-corrected chi connectivity index (χ2v) is 5.38. The molecule has 2 rings (SSSR count). The highest BCUT2D eigenvalue weighted by Crippen LogP contribution is 2.14. The number of ether oxygens (including phenoxy) is 1. The van der Waals surface area contributed by atoms with E-state index in [2.05, 4.69) is 5.32 Å². The number of carbonyl (C=O) groups excluding carboxylic acids is 2. The summed E-state index contributed by atoms with van der Waals surface area (Å²) in [7, 11) is 1.55.